The lowest BCUT2D eigenvalue weighted by molar-refractivity contribution is 0.243. The van der Waals surface area contributed by atoms with Crippen molar-refractivity contribution in [2.24, 2.45) is 0 Å². The number of hydrogen-bond acceptors (Lipinski definition) is 3. The zero-order chi connectivity index (χ0) is 20.6. The molecular weight excluding hydrogens is 357 g/mol. The van der Waals surface area contributed by atoms with Gasteiger partial charge in [-0.3, -0.25) is 0 Å². The van der Waals surface area contributed by atoms with Crippen LogP contribution >= 0.6 is 0 Å². The van der Waals surface area contributed by atoms with Crippen molar-refractivity contribution in [3.8, 4) is 11.5 Å². The monoisotopic (exact) mass is 378 g/mol. The zero-order valence-corrected chi connectivity index (χ0v) is 15.0. The second-order valence-corrected chi connectivity index (χ2v) is 5.39. The van der Waals surface area contributed by atoms with Gasteiger partial charge in [-0.05, 0) is 30.2 Å². The molecule has 0 atom stereocenters. The van der Waals surface area contributed by atoms with E-state index in [0.717, 1.165) is 18.2 Å². The van der Waals surface area contributed by atoms with E-state index in [2.05, 4.69) is 26.3 Å². The minimum Gasteiger partial charge on any atom is -0.505 e. The van der Waals surface area contributed by atoms with E-state index < -0.39 is 23.2 Å². The Labute approximate surface area is 156 Å². The fraction of sp³-hybridized carbons (Fsp3) is 0.143. The van der Waals surface area contributed by atoms with E-state index in [4.69, 9.17) is 14.6 Å². The molecule has 27 heavy (non-hydrogen) atoms. The molecule has 3 nitrogen and oxygen atoms in total. The molecule has 0 aliphatic heterocycles. The number of allylic oxidation sites excluding steroid dienone is 5. The van der Waals surface area contributed by atoms with Crippen molar-refractivity contribution in [1.82, 2.24) is 0 Å². The third kappa shape index (κ3) is 6.58. The minimum atomic E-state index is -1.39. The molecule has 0 saturated carbocycles. The van der Waals surface area contributed by atoms with Gasteiger partial charge >= 0.3 is 0 Å². The summed E-state index contributed by atoms with van der Waals surface area (Å²) < 4.78 is 51.0. The van der Waals surface area contributed by atoms with Crippen molar-refractivity contribution in [3.05, 3.63) is 96.6 Å². The molecule has 0 amide bonds. The van der Waals surface area contributed by atoms with Crippen LogP contribution in [0.1, 0.15) is 6.92 Å². The van der Waals surface area contributed by atoms with Crippen molar-refractivity contribution < 1.29 is 27.8 Å². The lowest BCUT2D eigenvalue weighted by Gasteiger charge is -2.09. The van der Waals surface area contributed by atoms with Crippen LogP contribution in [-0.4, -0.2) is 18.3 Å². The number of rotatable bonds is 10. The summed E-state index contributed by atoms with van der Waals surface area (Å²) in [7, 11) is 0. The summed E-state index contributed by atoms with van der Waals surface area (Å²) in [6.07, 6.45) is 4.04. The normalized spacial score (nSPS) is 11.3. The van der Waals surface area contributed by atoms with Crippen molar-refractivity contribution >= 4 is 0 Å². The van der Waals surface area contributed by atoms with Crippen molar-refractivity contribution in [3.63, 3.8) is 0 Å². The SMILES string of the molecule is C=C(/C=C\C(=C)C(=C)/C(F)=C\C(=C)OCC)COc1ccc(O)c(F)c1F. The van der Waals surface area contributed by atoms with Crippen molar-refractivity contribution in [1.29, 1.82) is 0 Å². The molecule has 1 N–H and O–H groups in total. The predicted molar refractivity (Wildman–Crippen MR) is 100 cm³/mol. The lowest BCUT2D eigenvalue weighted by Crippen LogP contribution is -2.01. The van der Waals surface area contributed by atoms with Gasteiger partial charge in [0.1, 0.15) is 18.2 Å². The maximum absolute atomic E-state index is 14.0. The summed E-state index contributed by atoms with van der Waals surface area (Å²) in [5.41, 5.74) is 0.698. The Balaban J connectivity index is 2.65. The van der Waals surface area contributed by atoms with Crippen LogP contribution in [0.25, 0.3) is 0 Å². The standard InChI is InChI=1S/C21H21F3O3/c1-6-26-15(4)11-17(22)16(5)14(3)8-7-13(2)12-27-19-10-9-18(25)20(23)21(19)24/h7-11,25H,2-6,12H2,1H3/b8-7-,17-11+. The van der Waals surface area contributed by atoms with E-state index in [1.54, 1.807) is 6.92 Å². The van der Waals surface area contributed by atoms with Crippen LogP contribution in [0.3, 0.4) is 0 Å². The molecule has 0 spiro atoms. The smallest absolute Gasteiger partial charge is 0.204 e. The highest BCUT2D eigenvalue weighted by molar-refractivity contribution is 5.48. The molecule has 0 unspecified atom stereocenters. The van der Waals surface area contributed by atoms with Gasteiger partial charge in [-0.1, -0.05) is 38.5 Å². The Hall–Kier alpha value is -3.15. The first-order valence-corrected chi connectivity index (χ1v) is 7.90. The number of benzene rings is 1. The molecule has 0 saturated heterocycles. The number of phenolic OH excluding ortho intramolecular Hbond substituents is 1. The summed E-state index contributed by atoms with van der Waals surface area (Å²) in [6.45, 7) is 16.5. The highest BCUT2D eigenvalue weighted by Gasteiger charge is 2.13. The van der Waals surface area contributed by atoms with E-state index in [1.165, 1.54) is 12.2 Å². The quantitative estimate of drug-likeness (QED) is 0.421. The highest BCUT2D eigenvalue weighted by atomic mass is 19.2. The topological polar surface area (TPSA) is 38.7 Å². The predicted octanol–water partition coefficient (Wildman–Crippen LogP) is 5.68. The molecule has 6 heteroatoms. The maximum atomic E-state index is 14.0. The van der Waals surface area contributed by atoms with Gasteiger partial charge in [-0.2, -0.15) is 8.78 Å². The zero-order valence-electron chi connectivity index (χ0n) is 15.0. The highest BCUT2D eigenvalue weighted by Crippen LogP contribution is 2.27. The van der Waals surface area contributed by atoms with E-state index in [0.29, 0.717) is 12.2 Å². The Morgan fingerprint density at radius 3 is 2.41 bits per heavy atom. The van der Waals surface area contributed by atoms with Crippen LogP contribution in [-0.2, 0) is 4.74 Å². The van der Waals surface area contributed by atoms with Gasteiger partial charge in [0.15, 0.2) is 11.5 Å². The first-order valence-electron chi connectivity index (χ1n) is 7.90. The Morgan fingerprint density at radius 1 is 1.11 bits per heavy atom. The molecule has 0 radical (unpaired) electrons. The molecule has 0 bridgehead atoms. The van der Waals surface area contributed by atoms with Gasteiger partial charge in [0.25, 0.3) is 0 Å². The van der Waals surface area contributed by atoms with Crippen LogP contribution in [0.4, 0.5) is 13.2 Å². The van der Waals surface area contributed by atoms with E-state index in [9.17, 15) is 13.2 Å². The summed E-state index contributed by atoms with van der Waals surface area (Å²) >= 11 is 0. The molecule has 0 aliphatic carbocycles. The summed E-state index contributed by atoms with van der Waals surface area (Å²) in [5, 5.41) is 9.06. The minimum absolute atomic E-state index is 0.0347. The second kappa shape index (κ2) is 10.1. The largest absolute Gasteiger partial charge is 0.505 e. The van der Waals surface area contributed by atoms with Crippen LogP contribution in [0.15, 0.2) is 85.0 Å². The number of halogens is 3. The van der Waals surface area contributed by atoms with Crippen molar-refractivity contribution in [2.75, 3.05) is 13.2 Å². The number of aromatic hydroxyl groups is 1. The summed E-state index contributed by atoms with van der Waals surface area (Å²) in [4.78, 5) is 0. The molecule has 144 valence electrons. The first kappa shape index (κ1) is 21.9. The third-order valence-corrected chi connectivity index (χ3v) is 3.25. The summed E-state index contributed by atoms with van der Waals surface area (Å²) in [5.74, 6) is -4.36. The molecule has 0 aliphatic rings. The Kier molecular flexibility index (Phi) is 8.20. The Morgan fingerprint density at radius 2 is 1.78 bits per heavy atom. The van der Waals surface area contributed by atoms with Gasteiger partial charge in [-0.15, -0.1) is 0 Å². The molecule has 0 fully saturated rings. The van der Waals surface area contributed by atoms with Gasteiger partial charge < -0.3 is 14.6 Å². The second-order valence-electron chi connectivity index (χ2n) is 5.39. The lowest BCUT2D eigenvalue weighted by atomic mass is 10.1. The number of hydrogen-bond donors (Lipinski definition) is 1. The molecule has 1 aromatic rings. The number of phenols is 1. The molecule has 1 aromatic carbocycles. The average Bonchev–Trinajstić information content (AvgIpc) is 2.63. The molecule has 0 aromatic heterocycles. The van der Waals surface area contributed by atoms with E-state index in [-0.39, 0.29) is 29.3 Å². The average molecular weight is 378 g/mol. The van der Waals surface area contributed by atoms with Crippen LogP contribution < -0.4 is 4.74 Å². The molecule has 0 heterocycles. The summed E-state index contributed by atoms with van der Waals surface area (Å²) in [6, 6.07) is 2.07. The third-order valence-electron chi connectivity index (χ3n) is 3.25. The Bertz CT molecular complexity index is 820. The maximum Gasteiger partial charge on any atom is 0.204 e. The van der Waals surface area contributed by atoms with E-state index >= 15 is 0 Å². The van der Waals surface area contributed by atoms with Crippen LogP contribution in [0.5, 0.6) is 11.5 Å². The van der Waals surface area contributed by atoms with Crippen LogP contribution in [0, 0.1) is 11.6 Å². The van der Waals surface area contributed by atoms with Gasteiger partial charge in [0.05, 0.1) is 6.61 Å². The fourth-order valence-electron chi connectivity index (χ4n) is 1.78. The van der Waals surface area contributed by atoms with Gasteiger partial charge in [-0.25, -0.2) is 4.39 Å². The van der Waals surface area contributed by atoms with Gasteiger partial charge in [0.2, 0.25) is 11.6 Å². The van der Waals surface area contributed by atoms with Crippen molar-refractivity contribution in [2.45, 2.75) is 6.92 Å². The molecular formula is C21H21F3O3. The van der Waals surface area contributed by atoms with Gasteiger partial charge in [0, 0.05) is 11.6 Å². The van der Waals surface area contributed by atoms with E-state index in [1.807, 2.05) is 0 Å². The number of ether oxygens (including phenoxy) is 2. The first-order chi connectivity index (χ1) is 12.7. The fourth-order valence-corrected chi connectivity index (χ4v) is 1.78. The van der Waals surface area contributed by atoms with Crippen LogP contribution in [0.2, 0.25) is 0 Å². The molecule has 1 rings (SSSR count).